The number of amides is 2. The third-order valence-corrected chi connectivity index (χ3v) is 3.61. The fourth-order valence-electron chi connectivity index (χ4n) is 2.44. The van der Waals surface area contributed by atoms with E-state index < -0.39 is 0 Å². The van der Waals surface area contributed by atoms with Crippen LogP contribution in [-0.2, 0) is 14.3 Å². The molecule has 0 unspecified atom stereocenters. The molecule has 0 bridgehead atoms. The Balaban J connectivity index is 1.64. The summed E-state index contributed by atoms with van der Waals surface area (Å²) in [6.07, 6.45) is 3.38. The summed E-state index contributed by atoms with van der Waals surface area (Å²) in [5.41, 5.74) is 0.673. The van der Waals surface area contributed by atoms with Crippen LogP contribution in [0, 0.1) is 0 Å². The van der Waals surface area contributed by atoms with Crippen molar-refractivity contribution in [3.63, 3.8) is 0 Å². The fourth-order valence-corrected chi connectivity index (χ4v) is 2.44. The summed E-state index contributed by atoms with van der Waals surface area (Å²) >= 11 is 0. The van der Waals surface area contributed by atoms with Gasteiger partial charge in [-0.25, -0.2) is 0 Å². The highest BCUT2D eigenvalue weighted by molar-refractivity contribution is 5.94. The zero-order chi connectivity index (χ0) is 16.5. The van der Waals surface area contributed by atoms with Gasteiger partial charge >= 0.3 is 0 Å². The Bertz CT molecular complexity index is 510. The van der Waals surface area contributed by atoms with E-state index in [1.807, 2.05) is 6.92 Å². The van der Waals surface area contributed by atoms with Gasteiger partial charge in [-0.15, -0.1) is 0 Å². The first kappa shape index (κ1) is 17.3. The van der Waals surface area contributed by atoms with Crippen molar-refractivity contribution in [2.45, 2.75) is 38.7 Å². The van der Waals surface area contributed by atoms with Gasteiger partial charge in [0.05, 0.1) is 19.3 Å². The van der Waals surface area contributed by atoms with Crippen LogP contribution in [0.15, 0.2) is 24.3 Å². The number of benzene rings is 1. The van der Waals surface area contributed by atoms with E-state index >= 15 is 0 Å². The Hall–Kier alpha value is -2.08. The predicted molar refractivity (Wildman–Crippen MR) is 87.5 cm³/mol. The quantitative estimate of drug-likeness (QED) is 0.769. The number of ether oxygens (including phenoxy) is 2. The standard InChI is InChI=1S/C17H24N2O4/c1-2-22-15-7-5-13(6-8-15)19-17(21)12-18-16(20)10-9-14-4-3-11-23-14/h5-8,14H,2-4,9-12H2,1H3,(H,18,20)(H,19,21)/t14-/m1/s1. The first-order valence-corrected chi connectivity index (χ1v) is 8.08. The molecule has 1 atom stereocenters. The minimum absolute atomic E-state index is 0.0302. The molecule has 2 N–H and O–H groups in total. The van der Waals surface area contributed by atoms with Gasteiger partial charge in [0.25, 0.3) is 0 Å². The van der Waals surface area contributed by atoms with Crippen molar-refractivity contribution in [3.8, 4) is 5.75 Å². The molecule has 1 heterocycles. The molecule has 0 saturated carbocycles. The average Bonchev–Trinajstić information content (AvgIpc) is 3.06. The largest absolute Gasteiger partial charge is 0.494 e. The zero-order valence-electron chi connectivity index (χ0n) is 13.5. The number of carbonyl (C=O) groups is 2. The van der Waals surface area contributed by atoms with Gasteiger partial charge in [-0.3, -0.25) is 9.59 Å². The lowest BCUT2D eigenvalue weighted by atomic mass is 10.1. The number of anilines is 1. The van der Waals surface area contributed by atoms with Crippen molar-refractivity contribution < 1.29 is 19.1 Å². The Kier molecular flexibility index (Phi) is 6.87. The summed E-state index contributed by atoms with van der Waals surface area (Å²) in [6.45, 7) is 3.27. The van der Waals surface area contributed by atoms with Crippen LogP contribution in [-0.4, -0.2) is 37.7 Å². The molecule has 1 aromatic rings. The predicted octanol–water partition coefficient (Wildman–Crippen LogP) is 2.10. The summed E-state index contributed by atoms with van der Waals surface area (Å²) in [7, 11) is 0. The van der Waals surface area contributed by atoms with Gasteiger partial charge in [0.1, 0.15) is 5.75 Å². The molecule has 1 aliphatic rings. The smallest absolute Gasteiger partial charge is 0.243 e. The number of hydrogen-bond donors (Lipinski definition) is 2. The van der Waals surface area contributed by atoms with Gasteiger partial charge in [0.2, 0.25) is 11.8 Å². The van der Waals surface area contributed by atoms with Crippen LogP contribution in [0.4, 0.5) is 5.69 Å². The molecular formula is C17H24N2O4. The minimum atomic E-state index is -0.250. The van der Waals surface area contributed by atoms with Gasteiger partial charge in [-0.2, -0.15) is 0 Å². The second-order valence-corrected chi connectivity index (χ2v) is 5.46. The van der Waals surface area contributed by atoms with Crippen LogP contribution in [0.2, 0.25) is 0 Å². The Labute approximate surface area is 136 Å². The van der Waals surface area contributed by atoms with Crippen LogP contribution in [0.3, 0.4) is 0 Å². The van der Waals surface area contributed by atoms with E-state index in [0.717, 1.165) is 25.2 Å². The van der Waals surface area contributed by atoms with E-state index in [-0.39, 0.29) is 24.5 Å². The first-order valence-electron chi connectivity index (χ1n) is 8.08. The molecule has 6 nitrogen and oxygen atoms in total. The average molecular weight is 320 g/mol. The maximum absolute atomic E-state index is 11.8. The number of carbonyl (C=O) groups excluding carboxylic acids is 2. The minimum Gasteiger partial charge on any atom is -0.494 e. The second kappa shape index (κ2) is 9.15. The van der Waals surface area contributed by atoms with Gasteiger partial charge in [0.15, 0.2) is 0 Å². The Morgan fingerprint density at radius 2 is 2.04 bits per heavy atom. The Morgan fingerprint density at radius 3 is 2.70 bits per heavy atom. The maximum atomic E-state index is 11.8. The van der Waals surface area contributed by atoms with Crippen LogP contribution in [0.1, 0.15) is 32.6 Å². The van der Waals surface area contributed by atoms with Crippen molar-refractivity contribution in [1.82, 2.24) is 5.32 Å². The van der Waals surface area contributed by atoms with Crippen LogP contribution in [0.25, 0.3) is 0 Å². The summed E-state index contributed by atoms with van der Waals surface area (Å²) in [5.74, 6) is 0.384. The maximum Gasteiger partial charge on any atom is 0.243 e. The lowest BCUT2D eigenvalue weighted by Gasteiger charge is -2.10. The molecule has 0 aliphatic carbocycles. The monoisotopic (exact) mass is 320 g/mol. The van der Waals surface area contributed by atoms with Crippen molar-refractivity contribution >= 4 is 17.5 Å². The van der Waals surface area contributed by atoms with Crippen molar-refractivity contribution in [1.29, 1.82) is 0 Å². The fraction of sp³-hybridized carbons (Fsp3) is 0.529. The molecule has 1 aromatic carbocycles. The number of rotatable bonds is 8. The highest BCUT2D eigenvalue weighted by atomic mass is 16.5. The van der Waals surface area contributed by atoms with Crippen molar-refractivity contribution in [3.05, 3.63) is 24.3 Å². The van der Waals surface area contributed by atoms with Crippen LogP contribution < -0.4 is 15.4 Å². The SMILES string of the molecule is CCOc1ccc(NC(=O)CNC(=O)CC[C@H]2CCCO2)cc1. The van der Waals surface area contributed by atoms with E-state index in [9.17, 15) is 9.59 Å². The van der Waals surface area contributed by atoms with Gasteiger partial charge < -0.3 is 20.1 Å². The molecular weight excluding hydrogens is 296 g/mol. The molecule has 0 aromatic heterocycles. The number of nitrogens with one attached hydrogen (secondary N) is 2. The number of hydrogen-bond acceptors (Lipinski definition) is 4. The van der Waals surface area contributed by atoms with E-state index in [0.29, 0.717) is 25.1 Å². The molecule has 0 spiro atoms. The lowest BCUT2D eigenvalue weighted by Crippen LogP contribution is -2.33. The molecule has 23 heavy (non-hydrogen) atoms. The third-order valence-electron chi connectivity index (χ3n) is 3.61. The summed E-state index contributed by atoms with van der Waals surface area (Å²) in [4.78, 5) is 23.5. The van der Waals surface area contributed by atoms with Gasteiger partial charge in [-0.05, 0) is 50.5 Å². The topological polar surface area (TPSA) is 76.7 Å². The normalized spacial score (nSPS) is 16.8. The highest BCUT2D eigenvalue weighted by Crippen LogP contribution is 2.17. The second-order valence-electron chi connectivity index (χ2n) is 5.46. The Morgan fingerprint density at radius 1 is 1.26 bits per heavy atom. The molecule has 1 fully saturated rings. The molecule has 2 rings (SSSR count). The first-order chi connectivity index (χ1) is 11.2. The molecule has 126 valence electrons. The van der Waals surface area contributed by atoms with Crippen LogP contribution >= 0.6 is 0 Å². The van der Waals surface area contributed by atoms with Gasteiger partial charge in [0, 0.05) is 18.7 Å². The van der Waals surface area contributed by atoms with Crippen molar-refractivity contribution in [2.75, 3.05) is 25.1 Å². The zero-order valence-corrected chi connectivity index (χ0v) is 13.5. The van der Waals surface area contributed by atoms with E-state index in [1.165, 1.54) is 0 Å². The van der Waals surface area contributed by atoms with E-state index in [1.54, 1.807) is 24.3 Å². The molecule has 1 saturated heterocycles. The molecule has 6 heteroatoms. The highest BCUT2D eigenvalue weighted by Gasteiger charge is 2.16. The van der Waals surface area contributed by atoms with Crippen LogP contribution in [0.5, 0.6) is 5.75 Å². The van der Waals surface area contributed by atoms with Gasteiger partial charge in [-0.1, -0.05) is 0 Å². The van der Waals surface area contributed by atoms with Crippen molar-refractivity contribution in [2.24, 2.45) is 0 Å². The summed E-state index contributed by atoms with van der Waals surface area (Å²) in [6, 6.07) is 7.11. The molecule has 2 amide bonds. The van der Waals surface area contributed by atoms with E-state index in [2.05, 4.69) is 10.6 Å². The molecule has 0 radical (unpaired) electrons. The van der Waals surface area contributed by atoms with E-state index in [4.69, 9.17) is 9.47 Å². The third kappa shape index (κ3) is 6.28. The summed E-state index contributed by atoms with van der Waals surface area (Å²) in [5, 5.41) is 5.36. The molecule has 1 aliphatic heterocycles. The lowest BCUT2D eigenvalue weighted by molar-refractivity contribution is -0.124. The summed E-state index contributed by atoms with van der Waals surface area (Å²) < 4.78 is 10.8.